The molecule has 92 valence electrons. The molecule has 1 heterocycles. The molecule has 0 amide bonds. The lowest BCUT2D eigenvalue weighted by molar-refractivity contribution is -0.149. The Kier molecular flexibility index (Phi) is 3.33. The van der Waals surface area contributed by atoms with Gasteiger partial charge in [0, 0.05) is 5.56 Å². The van der Waals surface area contributed by atoms with Crippen LogP contribution < -0.4 is 5.32 Å². The second kappa shape index (κ2) is 4.75. The molecule has 1 N–H and O–H groups in total. The number of halogens is 3. The van der Waals surface area contributed by atoms with Gasteiger partial charge in [-0.1, -0.05) is 0 Å². The van der Waals surface area contributed by atoms with Gasteiger partial charge in [-0.2, -0.15) is 0 Å². The zero-order valence-corrected chi connectivity index (χ0v) is 8.80. The topological polar surface area (TPSA) is 38.3 Å². The molecule has 1 fully saturated rings. The number of esters is 1. The van der Waals surface area contributed by atoms with E-state index in [1.54, 1.807) is 0 Å². The van der Waals surface area contributed by atoms with Gasteiger partial charge in [0.05, 0.1) is 0 Å². The standard InChI is InChI=1S/C11H10F3NO2/c12-7-2-1-6(9(13)10(7)14)5-17-11(16)8-3-4-15-8/h1-2,8,15H,3-5H2. The zero-order valence-electron chi connectivity index (χ0n) is 8.80. The molecule has 1 aliphatic heterocycles. The second-order valence-electron chi connectivity index (χ2n) is 3.74. The van der Waals surface area contributed by atoms with E-state index in [9.17, 15) is 18.0 Å². The van der Waals surface area contributed by atoms with Gasteiger partial charge in [-0.3, -0.25) is 4.79 Å². The van der Waals surface area contributed by atoms with E-state index in [0.717, 1.165) is 18.7 Å². The minimum absolute atomic E-state index is 0.184. The van der Waals surface area contributed by atoms with Gasteiger partial charge in [-0.25, -0.2) is 13.2 Å². The summed E-state index contributed by atoms with van der Waals surface area (Å²) < 4.78 is 43.4. The van der Waals surface area contributed by atoms with Crippen molar-refractivity contribution in [1.82, 2.24) is 5.32 Å². The highest BCUT2D eigenvalue weighted by molar-refractivity contribution is 5.76. The van der Waals surface area contributed by atoms with E-state index in [2.05, 4.69) is 5.32 Å². The molecule has 2 rings (SSSR count). The van der Waals surface area contributed by atoms with Crippen molar-refractivity contribution in [2.24, 2.45) is 0 Å². The largest absolute Gasteiger partial charge is 0.460 e. The van der Waals surface area contributed by atoms with Crippen LogP contribution in [0.25, 0.3) is 0 Å². The molecule has 17 heavy (non-hydrogen) atoms. The van der Waals surface area contributed by atoms with E-state index >= 15 is 0 Å². The van der Waals surface area contributed by atoms with E-state index < -0.39 is 30.0 Å². The third-order valence-corrected chi connectivity index (χ3v) is 2.59. The number of hydrogen-bond donors (Lipinski definition) is 1. The summed E-state index contributed by atoms with van der Waals surface area (Å²) in [6.07, 6.45) is 0.666. The second-order valence-corrected chi connectivity index (χ2v) is 3.74. The Morgan fingerprint density at radius 2 is 2.06 bits per heavy atom. The molecule has 0 radical (unpaired) electrons. The minimum atomic E-state index is -1.56. The van der Waals surface area contributed by atoms with Gasteiger partial charge in [0.25, 0.3) is 0 Å². The number of carbonyl (C=O) groups excluding carboxylic acids is 1. The molecular formula is C11H10F3NO2. The summed E-state index contributed by atoms with van der Waals surface area (Å²) in [6, 6.07) is 1.47. The summed E-state index contributed by atoms with van der Waals surface area (Å²) in [6.45, 7) is 0.333. The van der Waals surface area contributed by atoms with Crippen LogP contribution in [-0.2, 0) is 16.1 Å². The van der Waals surface area contributed by atoms with Crippen LogP contribution in [0.1, 0.15) is 12.0 Å². The summed E-state index contributed by atoms with van der Waals surface area (Å²) in [5, 5.41) is 2.81. The molecular weight excluding hydrogens is 235 g/mol. The Bertz CT molecular complexity index is 447. The molecule has 0 spiro atoms. The van der Waals surface area contributed by atoms with Crippen molar-refractivity contribution >= 4 is 5.97 Å². The molecule has 0 aromatic heterocycles. The van der Waals surface area contributed by atoms with Crippen LogP contribution in [0.15, 0.2) is 12.1 Å². The van der Waals surface area contributed by atoms with Crippen LogP contribution >= 0.6 is 0 Å². The smallest absolute Gasteiger partial charge is 0.323 e. The van der Waals surface area contributed by atoms with Gasteiger partial charge in [-0.05, 0) is 25.1 Å². The molecule has 0 saturated carbocycles. The monoisotopic (exact) mass is 245 g/mol. The number of rotatable bonds is 3. The molecule has 6 heteroatoms. The SMILES string of the molecule is O=C(OCc1ccc(F)c(F)c1F)C1CCN1. The van der Waals surface area contributed by atoms with E-state index in [-0.39, 0.29) is 11.6 Å². The first-order valence-corrected chi connectivity index (χ1v) is 5.12. The number of hydrogen-bond acceptors (Lipinski definition) is 3. The maximum atomic E-state index is 13.2. The van der Waals surface area contributed by atoms with Crippen molar-refractivity contribution in [3.8, 4) is 0 Å². The van der Waals surface area contributed by atoms with Gasteiger partial charge in [0.1, 0.15) is 12.6 Å². The van der Waals surface area contributed by atoms with Gasteiger partial charge >= 0.3 is 5.97 Å². The predicted octanol–water partition coefficient (Wildman–Crippen LogP) is 1.51. The average Bonchev–Trinajstić information content (AvgIpc) is 2.22. The average molecular weight is 245 g/mol. The molecule has 1 atom stereocenters. The van der Waals surface area contributed by atoms with Crippen LogP contribution in [0.3, 0.4) is 0 Å². The first-order valence-electron chi connectivity index (χ1n) is 5.12. The number of ether oxygens (including phenoxy) is 1. The van der Waals surface area contributed by atoms with E-state index in [1.807, 2.05) is 0 Å². The van der Waals surface area contributed by atoms with E-state index in [0.29, 0.717) is 6.42 Å². The lowest BCUT2D eigenvalue weighted by Crippen LogP contribution is -2.49. The molecule has 1 aromatic carbocycles. The summed E-state index contributed by atoms with van der Waals surface area (Å²) in [7, 11) is 0. The summed E-state index contributed by atoms with van der Waals surface area (Å²) in [5.41, 5.74) is -0.184. The Morgan fingerprint density at radius 1 is 1.35 bits per heavy atom. The highest BCUT2D eigenvalue weighted by Crippen LogP contribution is 2.16. The normalized spacial score (nSPS) is 18.6. The highest BCUT2D eigenvalue weighted by atomic mass is 19.2. The molecule has 1 saturated heterocycles. The van der Waals surface area contributed by atoms with Crippen LogP contribution in [0.5, 0.6) is 0 Å². The van der Waals surface area contributed by atoms with E-state index in [1.165, 1.54) is 0 Å². The lowest BCUT2D eigenvalue weighted by atomic mass is 10.1. The van der Waals surface area contributed by atoms with Crippen molar-refractivity contribution in [3.05, 3.63) is 35.1 Å². The lowest BCUT2D eigenvalue weighted by Gasteiger charge is -2.25. The maximum Gasteiger partial charge on any atom is 0.323 e. The molecule has 1 unspecified atom stereocenters. The maximum absolute atomic E-state index is 13.2. The van der Waals surface area contributed by atoms with Crippen molar-refractivity contribution in [2.75, 3.05) is 6.54 Å². The Hall–Kier alpha value is -1.56. The van der Waals surface area contributed by atoms with Crippen LogP contribution in [0.4, 0.5) is 13.2 Å². The van der Waals surface area contributed by atoms with Crippen molar-refractivity contribution in [1.29, 1.82) is 0 Å². The molecule has 0 aliphatic carbocycles. The molecule has 1 aromatic rings. The fraction of sp³-hybridized carbons (Fsp3) is 0.364. The fourth-order valence-electron chi connectivity index (χ4n) is 1.42. The quantitative estimate of drug-likeness (QED) is 0.648. The number of nitrogens with one attached hydrogen (secondary N) is 1. The van der Waals surface area contributed by atoms with Crippen molar-refractivity contribution in [2.45, 2.75) is 19.1 Å². The summed E-state index contributed by atoms with van der Waals surface area (Å²) in [5.74, 6) is -4.65. The summed E-state index contributed by atoms with van der Waals surface area (Å²) >= 11 is 0. The predicted molar refractivity (Wildman–Crippen MR) is 52.5 cm³/mol. The molecule has 0 bridgehead atoms. The Labute approximate surface area is 95.6 Å². The van der Waals surface area contributed by atoms with Crippen molar-refractivity contribution in [3.63, 3.8) is 0 Å². The highest BCUT2D eigenvalue weighted by Gasteiger charge is 2.26. The third kappa shape index (κ3) is 2.41. The van der Waals surface area contributed by atoms with Gasteiger partial charge in [-0.15, -0.1) is 0 Å². The van der Waals surface area contributed by atoms with Crippen LogP contribution in [0.2, 0.25) is 0 Å². The van der Waals surface area contributed by atoms with Crippen LogP contribution in [-0.4, -0.2) is 18.6 Å². The fourth-order valence-corrected chi connectivity index (χ4v) is 1.42. The first-order chi connectivity index (χ1) is 8.09. The van der Waals surface area contributed by atoms with Crippen molar-refractivity contribution < 1.29 is 22.7 Å². The van der Waals surface area contributed by atoms with Gasteiger partial charge < -0.3 is 10.1 Å². The summed E-state index contributed by atoms with van der Waals surface area (Å²) in [4.78, 5) is 11.3. The minimum Gasteiger partial charge on any atom is -0.460 e. The van der Waals surface area contributed by atoms with Gasteiger partial charge in [0.15, 0.2) is 17.5 Å². The molecule has 1 aliphatic rings. The van der Waals surface area contributed by atoms with Gasteiger partial charge in [0.2, 0.25) is 0 Å². The zero-order chi connectivity index (χ0) is 12.4. The van der Waals surface area contributed by atoms with E-state index in [4.69, 9.17) is 4.74 Å². The first kappa shape index (κ1) is 11.9. The third-order valence-electron chi connectivity index (χ3n) is 2.59. The number of benzene rings is 1. The Balaban J connectivity index is 1.99. The van der Waals surface area contributed by atoms with Crippen LogP contribution in [0, 0.1) is 17.5 Å². The Morgan fingerprint density at radius 3 is 2.65 bits per heavy atom. The molecule has 3 nitrogen and oxygen atoms in total. The number of carbonyl (C=O) groups is 1.